The van der Waals surface area contributed by atoms with Crippen molar-refractivity contribution in [1.82, 2.24) is 14.9 Å². The van der Waals surface area contributed by atoms with Crippen molar-refractivity contribution in [3.05, 3.63) is 48.2 Å². The van der Waals surface area contributed by atoms with E-state index in [1.807, 2.05) is 41.3 Å². The van der Waals surface area contributed by atoms with Crippen molar-refractivity contribution in [1.29, 1.82) is 0 Å². The van der Waals surface area contributed by atoms with E-state index in [9.17, 15) is 4.79 Å². The van der Waals surface area contributed by atoms with Crippen molar-refractivity contribution in [2.45, 2.75) is 13.8 Å². The molecule has 28 heavy (non-hydrogen) atoms. The summed E-state index contributed by atoms with van der Waals surface area (Å²) in [5, 5.41) is 0.977. The Morgan fingerprint density at radius 1 is 1.18 bits per heavy atom. The lowest BCUT2D eigenvalue weighted by molar-refractivity contribution is 0.0746. The molecule has 1 fully saturated rings. The predicted octanol–water partition coefficient (Wildman–Crippen LogP) is 3.69. The van der Waals surface area contributed by atoms with E-state index in [4.69, 9.17) is 4.74 Å². The van der Waals surface area contributed by atoms with E-state index in [1.54, 1.807) is 17.5 Å². The average Bonchev–Trinajstić information content (AvgIpc) is 3.16. The molecular weight excluding hydrogens is 372 g/mol. The van der Waals surface area contributed by atoms with Crippen LogP contribution in [0.2, 0.25) is 0 Å². The number of aromatic nitrogens is 2. The molecule has 3 aromatic rings. The summed E-state index contributed by atoms with van der Waals surface area (Å²) in [5.74, 6) is 1.26. The van der Waals surface area contributed by atoms with Gasteiger partial charge in [0.15, 0.2) is 5.13 Å². The minimum Gasteiger partial charge on any atom is -0.493 e. The van der Waals surface area contributed by atoms with E-state index in [0.717, 1.165) is 34.3 Å². The van der Waals surface area contributed by atoms with Crippen molar-refractivity contribution in [2.75, 3.05) is 37.7 Å². The van der Waals surface area contributed by atoms with E-state index in [2.05, 4.69) is 28.7 Å². The molecule has 2 aromatic heterocycles. The van der Waals surface area contributed by atoms with Gasteiger partial charge in [0.1, 0.15) is 16.1 Å². The highest BCUT2D eigenvalue weighted by atomic mass is 32.1. The topological polar surface area (TPSA) is 58.6 Å². The molecule has 0 radical (unpaired) electrons. The van der Waals surface area contributed by atoms with Crippen LogP contribution in [0.25, 0.3) is 10.3 Å². The van der Waals surface area contributed by atoms with Crippen LogP contribution in [0.3, 0.4) is 0 Å². The van der Waals surface area contributed by atoms with E-state index in [0.29, 0.717) is 31.2 Å². The Balaban J connectivity index is 1.39. The molecule has 6 nitrogen and oxygen atoms in total. The number of nitrogens with zero attached hydrogens (tertiary/aromatic N) is 4. The Hall–Kier alpha value is -2.67. The Kier molecular flexibility index (Phi) is 5.43. The predicted molar refractivity (Wildman–Crippen MR) is 112 cm³/mol. The van der Waals surface area contributed by atoms with Crippen LogP contribution in [0.15, 0.2) is 42.6 Å². The summed E-state index contributed by atoms with van der Waals surface area (Å²) >= 11 is 1.60. The second kappa shape index (κ2) is 8.14. The van der Waals surface area contributed by atoms with Crippen LogP contribution in [-0.4, -0.2) is 53.6 Å². The van der Waals surface area contributed by atoms with Gasteiger partial charge >= 0.3 is 0 Å². The summed E-state index contributed by atoms with van der Waals surface area (Å²) in [6, 6.07) is 11.4. The number of amides is 1. The monoisotopic (exact) mass is 396 g/mol. The molecule has 4 rings (SSSR count). The number of carbonyl (C=O) groups is 1. The first-order chi connectivity index (χ1) is 13.6. The molecule has 7 heteroatoms. The molecule has 1 aliphatic rings. The Morgan fingerprint density at radius 2 is 2.00 bits per heavy atom. The number of piperazine rings is 1. The fourth-order valence-corrected chi connectivity index (χ4v) is 4.12. The van der Waals surface area contributed by atoms with Crippen molar-refractivity contribution >= 4 is 32.7 Å². The van der Waals surface area contributed by atoms with Gasteiger partial charge in [-0.15, -0.1) is 0 Å². The molecule has 1 aromatic carbocycles. The first kappa shape index (κ1) is 18.7. The van der Waals surface area contributed by atoms with Gasteiger partial charge in [-0.3, -0.25) is 4.79 Å². The zero-order chi connectivity index (χ0) is 19.5. The Morgan fingerprint density at radius 3 is 2.75 bits per heavy atom. The van der Waals surface area contributed by atoms with Gasteiger partial charge in [0.2, 0.25) is 0 Å². The SMILES string of the molecule is CC(C)COc1cccc(C(=O)N2CCN(c3nc4cccnc4s3)CC2)c1. The van der Waals surface area contributed by atoms with Crippen molar-refractivity contribution in [3.8, 4) is 5.75 Å². The van der Waals surface area contributed by atoms with E-state index >= 15 is 0 Å². The minimum absolute atomic E-state index is 0.0561. The summed E-state index contributed by atoms with van der Waals surface area (Å²) in [6.45, 7) is 7.77. The average molecular weight is 397 g/mol. The van der Waals surface area contributed by atoms with E-state index in [1.165, 1.54) is 0 Å². The van der Waals surface area contributed by atoms with Gasteiger partial charge in [-0.1, -0.05) is 31.3 Å². The molecule has 0 N–H and O–H groups in total. The minimum atomic E-state index is 0.0561. The lowest BCUT2D eigenvalue weighted by Crippen LogP contribution is -2.48. The lowest BCUT2D eigenvalue weighted by atomic mass is 10.1. The highest BCUT2D eigenvalue weighted by molar-refractivity contribution is 7.21. The van der Waals surface area contributed by atoms with Crippen LogP contribution in [0.1, 0.15) is 24.2 Å². The zero-order valence-corrected chi connectivity index (χ0v) is 17.0. The number of carbonyl (C=O) groups excluding carboxylic acids is 1. The highest BCUT2D eigenvalue weighted by Crippen LogP contribution is 2.28. The number of hydrogen-bond donors (Lipinski definition) is 0. The maximum Gasteiger partial charge on any atom is 0.254 e. The molecule has 146 valence electrons. The maximum absolute atomic E-state index is 12.9. The molecule has 0 atom stereocenters. The highest BCUT2D eigenvalue weighted by Gasteiger charge is 2.24. The number of benzene rings is 1. The molecule has 0 unspecified atom stereocenters. The van der Waals surface area contributed by atoms with Crippen molar-refractivity contribution < 1.29 is 9.53 Å². The smallest absolute Gasteiger partial charge is 0.254 e. The first-order valence-corrected chi connectivity index (χ1v) is 10.4. The van der Waals surface area contributed by atoms with Gasteiger partial charge in [0.05, 0.1) is 6.61 Å². The van der Waals surface area contributed by atoms with Crippen LogP contribution < -0.4 is 9.64 Å². The van der Waals surface area contributed by atoms with Gasteiger partial charge < -0.3 is 14.5 Å². The number of anilines is 1. The number of thiazole rings is 1. The Labute approximate surface area is 168 Å². The summed E-state index contributed by atoms with van der Waals surface area (Å²) in [5.41, 5.74) is 1.61. The number of ether oxygens (including phenoxy) is 1. The number of fused-ring (bicyclic) bond motifs is 1. The summed E-state index contributed by atoms with van der Waals surface area (Å²) < 4.78 is 5.76. The third-order valence-electron chi connectivity index (χ3n) is 4.66. The third kappa shape index (κ3) is 4.09. The summed E-state index contributed by atoms with van der Waals surface area (Å²) in [7, 11) is 0. The zero-order valence-electron chi connectivity index (χ0n) is 16.2. The number of rotatable bonds is 5. The number of hydrogen-bond acceptors (Lipinski definition) is 6. The van der Waals surface area contributed by atoms with Gasteiger partial charge in [0, 0.05) is 37.9 Å². The van der Waals surface area contributed by atoms with Crippen LogP contribution in [-0.2, 0) is 0 Å². The van der Waals surface area contributed by atoms with Crippen LogP contribution >= 0.6 is 11.3 Å². The second-order valence-electron chi connectivity index (χ2n) is 7.34. The van der Waals surface area contributed by atoms with Gasteiger partial charge in [-0.25, -0.2) is 9.97 Å². The van der Waals surface area contributed by atoms with Crippen molar-refractivity contribution in [2.24, 2.45) is 5.92 Å². The third-order valence-corrected chi connectivity index (χ3v) is 5.70. The Bertz CT molecular complexity index is 931. The molecule has 1 saturated heterocycles. The van der Waals surface area contributed by atoms with Gasteiger partial charge in [-0.05, 0) is 36.2 Å². The molecule has 0 bridgehead atoms. The molecular formula is C21H24N4O2S. The van der Waals surface area contributed by atoms with Crippen LogP contribution in [0.4, 0.5) is 5.13 Å². The fraction of sp³-hybridized carbons (Fsp3) is 0.381. The van der Waals surface area contributed by atoms with E-state index < -0.39 is 0 Å². The van der Waals surface area contributed by atoms with E-state index in [-0.39, 0.29) is 5.91 Å². The standard InChI is InChI=1S/C21H24N4O2S/c1-15(2)14-27-17-6-3-5-16(13-17)20(26)24-9-11-25(12-10-24)21-23-18-7-4-8-22-19(18)28-21/h3-8,13,15H,9-12,14H2,1-2H3. The van der Waals surface area contributed by atoms with Gasteiger partial charge in [-0.2, -0.15) is 0 Å². The second-order valence-corrected chi connectivity index (χ2v) is 8.29. The molecule has 3 heterocycles. The molecule has 0 aliphatic carbocycles. The molecule has 1 amide bonds. The molecule has 0 saturated carbocycles. The first-order valence-electron chi connectivity index (χ1n) is 9.59. The summed E-state index contributed by atoms with van der Waals surface area (Å²) in [6.07, 6.45) is 1.79. The quantitative estimate of drug-likeness (QED) is 0.658. The van der Waals surface area contributed by atoms with Crippen LogP contribution in [0, 0.1) is 5.92 Å². The van der Waals surface area contributed by atoms with Crippen LogP contribution in [0.5, 0.6) is 5.75 Å². The van der Waals surface area contributed by atoms with Crippen molar-refractivity contribution in [3.63, 3.8) is 0 Å². The normalized spacial score (nSPS) is 14.7. The molecule has 1 aliphatic heterocycles. The fourth-order valence-electron chi connectivity index (χ4n) is 3.16. The number of pyridine rings is 1. The molecule has 0 spiro atoms. The largest absolute Gasteiger partial charge is 0.493 e. The maximum atomic E-state index is 12.9. The lowest BCUT2D eigenvalue weighted by Gasteiger charge is -2.34. The summed E-state index contributed by atoms with van der Waals surface area (Å²) in [4.78, 5) is 27.0. The van der Waals surface area contributed by atoms with Gasteiger partial charge in [0.25, 0.3) is 5.91 Å².